The van der Waals surface area contributed by atoms with Crippen molar-refractivity contribution in [2.45, 2.75) is 6.61 Å². The van der Waals surface area contributed by atoms with Gasteiger partial charge < -0.3 is 4.74 Å². The third-order valence-corrected chi connectivity index (χ3v) is 2.32. The van der Waals surface area contributed by atoms with Gasteiger partial charge in [-0.15, -0.1) is 0 Å². The number of hydrogen-bond donors (Lipinski definition) is 0. The highest BCUT2D eigenvalue weighted by Gasteiger charge is 2.09. The summed E-state index contributed by atoms with van der Waals surface area (Å²) in [5.74, 6) is -2.84. The van der Waals surface area contributed by atoms with Crippen LogP contribution in [-0.4, -0.2) is 4.98 Å². The number of nitriles is 1. The van der Waals surface area contributed by atoms with Crippen molar-refractivity contribution < 1.29 is 17.9 Å². The molecule has 96 valence electrons. The predicted octanol–water partition coefficient (Wildman–Crippen LogP) is 2.95. The molecule has 0 atom stereocenters. The SMILES string of the molecule is N#Cc1ccc(COc2ncc(F)cc2F)c(F)c1. The molecule has 2 rings (SSSR count). The van der Waals surface area contributed by atoms with E-state index < -0.39 is 23.3 Å². The lowest BCUT2D eigenvalue weighted by atomic mass is 10.1. The van der Waals surface area contributed by atoms with Crippen LogP contribution in [0, 0.1) is 28.8 Å². The molecule has 1 aromatic heterocycles. The van der Waals surface area contributed by atoms with Gasteiger partial charge in [-0.3, -0.25) is 0 Å². The number of rotatable bonds is 3. The Labute approximate surface area is 106 Å². The van der Waals surface area contributed by atoms with Crippen LogP contribution in [0.3, 0.4) is 0 Å². The molecule has 0 radical (unpaired) electrons. The normalized spacial score (nSPS) is 10.0. The Morgan fingerprint density at radius 2 is 1.95 bits per heavy atom. The molecule has 0 saturated heterocycles. The second kappa shape index (κ2) is 5.40. The zero-order valence-corrected chi connectivity index (χ0v) is 9.53. The van der Waals surface area contributed by atoms with E-state index in [2.05, 4.69) is 4.98 Å². The molecule has 1 heterocycles. The molecule has 2 aromatic rings. The van der Waals surface area contributed by atoms with E-state index in [0.717, 1.165) is 12.3 Å². The van der Waals surface area contributed by atoms with Crippen LogP contribution in [0.1, 0.15) is 11.1 Å². The van der Waals surface area contributed by atoms with Gasteiger partial charge in [-0.1, -0.05) is 6.07 Å². The lowest BCUT2D eigenvalue weighted by molar-refractivity contribution is 0.271. The molecule has 0 bridgehead atoms. The predicted molar refractivity (Wildman–Crippen MR) is 59.6 cm³/mol. The molecule has 6 heteroatoms. The number of hydrogen-bond acceptors (Lipinski definition) is 3. The summed E-state index contributed by atoms with van der Waals surface area (Å²) >= 11 is 0. The Hall–Kier alpha value is -2.55. The quantitative estimate of drug-likeness (QED) is 0.856. The lowest BCUT2D eigenvalue weighted by Gasteiger charge is -2.07. The summed E-state index contributed by atoms with van der Waals surface area (Å²) in [5, 5.41) is 8.58. The van der Waals surface area contributed by atoms with Crippen LogP contribution >= 0.6 is 0 Å². The second-order valence-electron chi connectivity index (χ2n) is 3.65. The average molecular weight is 264 g/mol. The minimum Gasteiger partial charge on any atom is -0.471 e. The van der Waals surface area contributed by atoms with Gasteiger partial charge in [0.05, 0.1) is 17.8 Å². The van der Waals surface area contributed by atoms with Crippen molar-refractivity contribution in [2.75, 3.05) is 0 Å². The molecule has 0 aliphatic heterocycles. The van der Waals surface area contributed by atoms with Crippen molar-refractivity contribution >= 4 is 0 Å². The van der Waals surface area contributed by atoms with Crippen LogP contribution < -0.4 is 4.74 Å². The highest BCUT2D eigenvalue weighted by atomic mass is 19.1. The van der Waals surface area contributed by atoms with E-state index in [1.165, 1.54) is 12.1 Å². The maximum atomic E-state index is 13.5. The fourth-order valence-electron chi connectivity index (χ4n) is 1.39. The third-order valence-electron chi connectivity index (χ3n) is 2.32. The zero-order valence-electron chi connectivity index (χ0n) is 9.53. The number of nitrogens with zero attached hydrogens (tertiary/aromatic N) is 2. The standard InChI is InChI=1S/C13H7F3N2O/c14-10-4-12(16)13(18-6-10)19-7-9-2-1-8(5-17)3-11(9)15/h1-4,6H,7H2. The van der Waals surface area contributed by atoms with E-state index in [4.69, 9.17) is 10.00 Å². The Kier molecular flexibility index (Phi) is 3.66. The van der Waals surface area contributed by atoms with Gasteiger partial charge in [0, 0.05) is 11.6 Å². The van der Waals surface area contributed by atoms with E-state index >= 15 is 0 Å². The van der Waals surface area contributed by atoms with Crippen LogP contribution in [0.4, 0.5) is 13.2 Å². The van der Waals surface area contributed by atoms with Crippen LogP contribution in [0.5, 0.6) is 5.88 Å². The van der Waals surface area contributed by atoms with E-state index in [9.17, 15) is 13.2 Å². The van der Waals surface area contributed by atoms with Crippen LogP contribution in [-0.2, 0) is 6.61 Å². The van der Waals surface area contributed by atoms with Crippen LogP contribution in [0.15, 0.2) is 30.5 Å². The number of ether oxygens (including phenoxy) is 1. The lowest BCUT2D eigenvalue weighted by Crippen LogP contribution is -2.02. The summed E-state index contributed by atoms with van der Waals surface area (Å²) in [6.07, 6.45) is 0.799. The molecule has 0 saturated carbocycles. The molecule has 1 aromatic carbocycles. The van der Waals surface area contributed by atoms with Crippen molar-refractivity contribution in [2.24, 2.45) is 0 Å². The first-order valence-electron chi connectivity index (χ1n) is 5.22. The van der Waals surface area contributed by atoms with Gasteiger partial charge in [-0.25, -0.2) is 18.2 Å². The minimum atomic E-state index is -0.964. The number of aromatic nitrogens is 1. The van der Waals surface area contributed by atoms with Gasteiger partial charge >= 0.3 is 0 Å². The molecule has 0 amide bonds. The van der Waals surface area contributed by atoms with E-state index in [-0.39, 0.29) is 17.7 Å². The number of halogens is 3. The average Bonchev–Trinajstić information content (AvgIpc) is 2.39. The highest BCUT2D eigenvalue weighted by molar-refractivity contribution is 5.32. The Morgan fingerprint density at radius 3 is 2.58 bits per heavy atom. The summed E-state index contributed by atoms with van der Waals surface area (Å²) in [6, 6.07) is 6.23. The molecule has 0 aliphatic rings. The largest absolute Gasteiger partial charge is 0.471 e. The van der Waals surface area contributed by atoms with Gasteiger partial charge in [0.2, 0.25) is 0 Å². The fraction of sp³-hybridized carbons (Fsp3) is 0.0769. The van der Waals surface area contributed by atoms with E-state index in [1.54, 1.807) is 6.07 Å². The minimum absolute atomic E-state index is 0.143. The summed E-state index contributed by atoms with van der Waals surface area (Å²) in [4.78, 5) is 3.41. The molecule has 0 aliphatic carbocycles. The van der Waals surface area contributed by atoms with Crippen molar-refractivity contribution in [3.63, 3.8) is 0 Å². The Morgan fingerprint density at radius 1 is 1.16 bits per heavy atom. The second-order valence-corrected chi connectivity index (χ2v) is 3.65. The van der Waals surface area contributed by atoms with Crippen LogP contribution in [0.25, 0.3) is 0 Å². The summed E-state index contributed by atoms with van der Waals surface area (Å²) in [7, 11) is 0. The first kappa shape index (κ1) is 12.9. The first-order chi connectivity index (χ1) is 9.10. The first-order valence-corrected chi connectivity index (χ1v) is 5.22. The molecular formula is C13H7F3N2O. The summed E-state index contributed by atoms with van der Waals surface area (Å²) in [6.45, 7) is -0.271. The number of pyridine rings is 1. The van der Waals surface area contributed by atoms with Gasteiger partial charge in [0.25, 0.3) is 5.88 Å². The Bertz CT molecular complexity index is 653. The van der Waals surface area contributed by atoms with E-state index in [0.29, 0.717) is 6.07 Å². The smallest absolute Gasteiger partial charge is 0.250 e. The molecule has 19 heavy (non-hydrogen) atoms. The molecule has 0 spiro atoms. The molecule has 3 nitrogen and oxygen atoms in total. The van der Waals surface area contributed by atoms with Gasteiger partial charge in [-0.2, -0.15) is 5.26 Å². The fourth-order valence-corrected chi connectivity index (χ4v) is 1.39. The highest BCUT2D eigenvalue weighted by Crippen LogP contribution is 2.17. The summed E-state index contributed by atoms with van der Waals surface area (Å²) in [5.41, 5.74) is 0.317. The zero-order chi connectivity index (χ0) is 13.8. The third kappa shape index (κ3) is 3.01. The molecular weight excluding hydrogens is 257 g/mol. The molecule has 0 fully saturated rings. The van der Waals surface area contributed by atoms with Gasteiger partial charge in [-0.05, 0) is 12.1 Å². The topological polar surface area (TPSA) is 45.9 Å². The maximum Gasteiger partial charge on any atom is 0.250 e. The van der Waals surface area contributed by atoms with Crippen molar-refractivity contribution in [1.82, 2.24) is 4.98 Å². The molecule has 0 unspecified atom stereocenters. The monoisotopic (exact) mass is 264 g/mol. The van der Waals surface area contributed by atoms with Crippen molar-refractivity contribution in [3.8, 4) is 11.9 Å². The Balaban J connectivity index is 2.13. The van der Waals surface area contributed by atoms with Crippen LogP contribution in [0.2, 0.25) is 0 Å². The number of benzene rings is 1. The van der Waals surface area contributed by atoms with Gasteiger partial charge in [0.1, 0.15) is 18.2 Å². The summed E-state index contributed by atoms with van der Waals surface area (Å²) < 4.78 is 44.3. The van der Waals surface area contributed by atoms with Crippen molar-refractivity contribution in [1.29, 1.82) is 5.26 Å². The van der Waals surface area contributed by atoms with Gasteiger partial charge in [0.15, 0.2) is 5.82 Å². The van der Waals surface area contributed by atoms with Crippen molar-refractivity contribution in [3.05, 3.63) is 59.0 Å². The molecule has 0 N–H and O–H groups in total. The van der Waals surface area contributed by atoms with E-state index in [1.807, 2.05) is 0 Å². The maximum absolute atomic E-state index is 13.5.